The van der Waals surface area contributed by atoms with Crippen molar-refractivity contribution in [3.63, 3.8) is 0 Å². The average Bonchev–Trinajstić information content (AvgIpc) is 2.41. The zero-order valence-corrected chi connectivity index (χ0v) is 10.6. The molecule has 0 spiro atoms. The molecule has 0 unspecified atom stereocenters. The summed E-state index contributed by atoms with van der Waals surface area (Å²) in [6.07, 6.45) is 0.158. The number of aromatic hydroxyl groups is 1. The smallest absolute Gasteiger partial charge is 0.257 e. The van der Waals surface area contributed by atoms with Gasteiger partial charge in [-0.25, -0.2) is 4.39 Å². The second kappa shape index (κ2) is 7.34. The number of nitrogens with zero attached hydrogens (tertiary/aromatic N) is 2. The van der Waals surface area contributed by atoms with Crippen LogP contribution < -0.4 is 0 Å². The molecule has 0 aliphatic heterocycles. The Morgan fingerprint density at radius 1 is 1.53 bits per heavy atom. The number of methoxy groups -OCH3 is 1. The van der Waals surface area contributed by atoms with Crippen LogP contribution in [0.2, 0.25) is 0 Å². The fraction of sp³-hybridized carbons (Fsp3) is 0.385. The average molecular weight is 266 g/mol. The molecule has 6 heteroatoms. The number of benzene rings is 1. The first kappa shape index (κ1) is 14.9. The predicted octanol–water partition coefficient (Wildman–Crippen LogP) is 1.53. The van der Waals surface area contributed by atoms with Crippen molar-refractivity contribution < 1.29 is 19.0 Å². The van der Waals surface area contributed by atoms with Crippen molar-refractivity contribution in [2.75, 3.05) is 26.8 Å². The third-order valence-electron chi connectivity index (χ3n) is 2.54. The second-order valence-corrected chi connectivity index (χ2v) is 3.85. The van der Waals surface area contributed by atoms with Crippen molar-refractivity contribution in [3.05, 3.63) is 29.6 Å². The lowest BCUT2D eigenvalue weighted by Crippen LogP contribution is -2.34. The quantitative estimate of drug-likeness (QED) is 0.847. The normalized spacial score (nSPS) is 9.95. The van der Waals surface area contributed by atoms with Crippen molar-refractivity contribution in [3.8, 4) is 11.8 Å². The van der Waals surface area contributed by atoms with Crippen molar-refractivity contribution in [2.45, 2.75) is 6.42 Å². The molecule has 1 aromatic rings. The number of halogens is 1. The number of rotatable bonds is 6. The van der Waals surface area contributed by atoms with Crippen molar-refractivity contribution in [2.24, 2.45) is 0 Å². The van der Waals surface area contributed by atoms with Gasteiger partial charge in [-0.1, -0.05) is 0 Å². The maximum absolute atomic E-state index is 13.1. The standard InChI is InChI=1S/C13H15FN2O3/c1-19-8-7-16(6-2-5-15)13(18)11-9-10(14)3-4-12(11)17/h3-4,9,17H,2,6-8H2,1H3. The first-order valence-electron chi connectivity index (χ1n) is 5.73. The van der Waals surface area contributed by atoms with Crippen molar-refractivity contribution in [1.82, 2.24) is 4.90 Å². The van der Waals surface area contributed by atoms with Gasteiger partial charge in [0.15, 0.2) is 0 Å². The number of amides is 1. The number of carbonyl (C=O) groups excluding carboxylic acids is 1. The molecule has 0 fully saturated rings. The molecule has 0 aliphatic rings. The summed E-state index contributed by atoms with van der Waals surface area (Å²) in [5.41, 5.74) is -0.117. The lowest BCUT2D eigenvalue weighted by atomic mass is 10.1. The largest absolute Gasteiger partial charge is 0.507 e. The highest BCUT2D eigenvalue weighted by atomic mass is 19.1. The molecule has 0 aromatic heterocycles. The summed E-state index contributed by atoms with van der Waals surface area (Å²) < 4.78 is 18.0. The van der Waals surface area contributed by atoms with Gasteiger partial charge in [-0.15, -0.1) is 0 Å². The molecule has 5 nitrogen and oxygen atoms in total. The molecule has 19 heavy (non-hydrogen) atoms. The van der Waals surface area contributed by atoms with Crippen LogP contribution in [-0.2, 0) is 4.74 Å². The van der Waals surface area contributed by atoms with Gasteiger partial charge in [0, 0.05) is 20.2 Å². The summed E-state index contributed by atoms with van der Waals surface area (Å²) in [5, 5.41) is 18.2. The van der Waals surface area contributed by atoms with Gasteiger partial charge in [-0.3, -0.25) is 4.79 Å². The number of ether oxygens (including phenoxy) is 1. The van der Waals surface area contributed by atoms with Gasteiger partial charge in [0.05, 0.1) is 24.7 Å². The van der Waals surface area contributed by atoms with Crippen LogP contribution in [0.4, 0.5) is 4.39 Å². The summed E-state index contributed by atoms with van der Waals surface area (Å²) in [5.74, 6) is -1.41. The van der Waals surface area contributed by atoms with E-state index in [9.17, 15) is 14.3 Å². The molecule has 1 aromatic carbocycles. The Labute approximate surface area is 110 Å². The van der Waals surface area contributed by atoms with Crippen LogP contribution in [0, 0.1) is 17.1 Å². The van der Waals surface area contributed by atoms with E-state index < -0.39 is 11.7 Å². The molecule has 0 radical (unpaired) electrons. The summed E-state index contributed by atoms with van der Waals surface area (Å²) in [6, 6.07) is 5.11. The summed E-state index contributed by atoms with van der Waals surface area (Å²) >= 11 is 0. The molecule has 0 saturated carbocycles. The van der Waals surface area contributed by atoms with Gasteiger partial charge < -0.3 is 14.7 Å². The Kier molecular flexibility index (Phi) is 5.76. The van der Waals surface area contributed by atoms with E-state index in [0.29, 0.717) is 6.61 Å². The maximum atomic E-state index is 13.1. The number of hydrogen-bond donors (Lipinski definition) is 1. The first-order chi connectivity index (χ1) is 9.10. The van der Waals surface area contributed by atoms with E-state index in [2.05, 4.69) is 0 Å². The van der Waals surface area contributed by atoms with Crippen LogP contribution in [0.5, 0.6) is 5.75 Å². The number of carbonyl (C=O) groups is 1. The fourth-order valence-corrected chi connectivity index (χ4v) is 1.55. The number of hydrogen-bond acceptors (Lipinski definition) is 4. The molecule has 0 saturated heterocycles. The molecule has 0 aliphatic carbocycles. The van der Waals surface area contributed by atoms with E-state index in [-0.39, 0.29) is 30.8 Å². The van der Waals surface area contributed by atoms with E-state index in [4.69, 9.17) is 10.00 Å². The third kappa shape index (κ3) is 4.23. The van der Waals surface area contributed by atoms with E-state index in [1.807, 2.05) is 6.07 Å². The molecular weight excluding hydrogens is 251 g/mol. The highest BCUT2D eigenvalue weighted by Gasteiger charge is 2.19. The van der Waals surface area contributed by atoms with Gasteiger partial charge in [0.2, 0.25) is 0 Å². The highest BCUT2D eigenvalue weighted by molar-refractivity contribution is 5.96. The summed E-state index contributed by atoms with van der Waals surface area (Å²) in [7, 11) is 1.49. The fourth-order valence-electron chi connectivity index (χ4n) is 1.55. The summed E-state index contributed by atoms with van der Waals surface area (Å²) in [6.45, 7) is 0.773. The zero-order chi connectivity index (χ0) is 14.3. The third-order valence-corrected chi connectivity index (χ3v) is 2.54. The minimum absolute atomic E-state index is 0.117. The highest BCUT2D eigenvalue weighted by Crippen LogP contribution is 2.19. The lowest BCUT2D eigenvalue weighted by molar-refractivity contribution is 0.0696. The van der Waals surface area contributed by atoms with E-state index >= 15 is 0 Å². The van der Waals surface area contributed by atoms with Crippen LogP contribution in [0.15, 0.2) is 18.2 Å². The predicted molar refractivity (Wildman–Crippen MR) is 66.1 cm³/mol. The molecule has 0 bridgehead atoms. The Morgan fingerprint density at radius 2 is 2.26 bits per heavy atom. The first-order valence-corrected chi connectivity index (χ1v) is 5.73. The molecule has 102 valence electrons. The van der Waals surface area contributed by atoms with Gasteiger partial charge in [-0.05, 0) is 18.2 Å². The Hall–Kier alpha value is -2.13. The Balaban J connectivity index is 2.91. The van der Waals surface area contributed by atoms with Crippen LogP contribution in [0.25, 0.3) is 0 Å². The van der Waals surface area contributed by atoms with Gasteiger partial charge in [0.1, 0.15) is 11.6 Å². The minimum Gasteiger partial charge on any atom is -0.507 e. The molecular formula is C13H15FN2O3. The van der Waals surface area contributed by atoms with Crippen LogP contribution in [0.3, 0.4) is 0 Å². The minimum atomic E-state index is -0.604. The SMILES string of the molecule is COCCN(CCC#N)C(=O)c1cc(F)ccc1O. The Morgan fingerprint density at radius 3 is 2.89 bits per heavy atom. The second-order valence-electron chi connectivity index (χ2n) is 3.85. The van der Waals surface area contributed by atoms with Crippen LogP contribution in [-0.4, -0.2) is 42.7 Å². The lowest BCUT2D eigenvalue weighted by Gasteiger charge is -2.21. The molecule has 0 heterocycles. The maximum Gasteiger partial charge on any atom is 0.257 e. The van der Waals surface area contributed by atoms with Crippen LogP contribution >= 0.6 is 0 Å². The monoisotopic (exact) mass is 266 g/mol. The van der Waals surface area contributed by atoms with E-state index in [0.717, 1.165) is 18.2 Å². The summed E-state index contributed by atoms with van der Waals surface area (Å²) in [4.78, 5) is 13.5. The van der Waals surface area contributed by atoms with Crippen molar-refractivity contribution in [1.29, 1.82) is 5.26 Å². The van der Waals surface area contributed by atoms with E-state index in [1.54, 1.807) is 0 Å². The topological polar surface area (TPSA) is 73.6 Å². The van der Waals surface area contributed by atoms with Gasteiger partial charge in [-0.2, -0.15) is 5.26 Å². The van der Waals surface area contributed by atoms with Gasteiger partial charge in [0.25, 0.3) is 5.91 Å². The molecule has 1 N–H and O–H groups in total. The zero-order valence-electron chi connectivity index (χ0n) is 10.6. The number of nitriles is 1. The molecule has 1 amide bonds. The number of phenols is 1. The molecule has 1 rings (SSSR count). The van der Waals surface area contributed by atoms with Crippen LogP contribution in [0.1, 0.15) is 16.8 Å². The van der Waals surface area contributed by atoms with E-state index in [1.165, 1.54) is 12.0 Å². The Bertz CT molecular complexity index is 485. The van der Waals surface area contributed by atoms with Crippen molar-refractivity contribution >= 4 is 5.91 Å². The van der Waals surface area contributed by atoms with Gasteiger partial charge >= 0.3 is 0 Å². The number of phenolic OH excluding ortho intramolecular Hbond substituents is 1. The molecule has 0 atom stereocenters.